The highest BCUT2D eigenvalue weighted by Crippen LogP contribution is 2.21. The number of hydrogen-bond acceptors (Lipinski definition) is 6. The van der Waals surface area contributed by atoms with Crippen LogP contribution >= 0.6 is 11.3 Å². The van der Waals surface area contributed by atoms with E-state index in [0.717, 1.165) is 16.4 Å². The van der Waals surface area contributed by atoms with Crippen molar-refractivity contribution in [3.8, 4) is 10.7 Å². The Kier molecular flexibility index (Phi) is 5.41. The maximum atomic E-state index is 11.7. The van der Waals surface area contributed by atoms with Crippen molar-refractivity contribution in [1.29, 1.82) is 0 Å². The number of esters is 1. The van der Waals surface area contributed by atoms with E-state index in [1.807, 2.05) is 37.4 Å². The molecule has 0 aliphatic heterocycles. The van der Waals surface area contributed by atoms with Crippen LogP contribution in [-0.2, 0) is 16.1 Å². The molecule has 2 heterocycles. The molecule has 6 heteroatoms. The van der Waals surface area contributed by atoms with Crippen LogP contribution in [0, 0.1) is 5.92 Å². The van der Waals surface area contributed by atoms with Crippen molar-refractivity contribution in [3.05, 3.63) is 35.5 Å². The van der Waals surface area contributed by atoms with Gasteiger partial charge in [-0.2, -0.15) is 0 Å². The zero-order valence-electron chi connectivity index (χ0n) is 12.4. The summed E-state index contributed by atoms with van der Waals surface area (Å²) in [5.74, 6) is -0.0866. The Balaban J connectivity index is 2.01. The van der Waals surface area contributed by atoms with E-state index in [1.54, 1.807) is 17.5 Å². The van der Waals surface area contributed by atoms with Crippen LogP contribution in [0.5, 0.6) is 0 Å². The van der Waals surface area contributed by atoms with Gasteiger partial charge >= 0.3 is 5.97 Å². The zero-order chi connectivity index (χ0) is 15.2. The summed E-state index contributed by atoms with van der Waals surface area (Å²) < 4.78 is 4.81. The molecule has 2 rings (SSSR count). The summed E-state index contributed by atoms with van der Waals surface area (Å²) in [6.07, 6.45) is 1.75. The van der Waals surface area contributed by atoms with Gasteiger partial charge in [-0.1, -0.05) is 19.9 Å². The van der Waals surface area contributed by atoms with Gasteiger partial charge in [0.15, 0.2) is 0 Å². The van der Waals surface area contributed by atoms with Crippen molar-refractivity contribution in [2.24, 2.45) is 5.92 Å². The fraction of sp³-hybridized carbons (Fsp3) is 0.400. The number of methoxy groups -OCH3 is 1. The zero-order valence-corrected chi connectivity index (χ0v) is 13.2. The number of thiazole rings is 1. The summed E-state index contributed by atoms with van der Waals surface area (Å²) in [5.41, 5.74) is 1.76. The molecule has 0 saturated heterocycles. The first-order valence-electron chi connectivity index (χ1n) is 6.79. The minimum Gasteiger partial charge on any atom is -0.468 e. The van der Waals surface area contributed by atoms with Gasteiger partial charge in [0, 0.05) is 18.1 Å². The second kappa shape index (κ2) is 7.28. The molecule has 2 aromatic rings. The average molecular weight is 305 g/mol. The summed E-state index contributed by atoms with van der Waals surface area (Å²) in [5, 5.41) is 6.06. The minimum absolute atomic E-state index is 0.159. The van der Waals surface area contributed by atoms with Crippen molar-refractivity contribution in [2.75, 3.05) is 7.11 Å². The monoisotopic (exact) mass is 305 g/mol. The van der Waals surface area contributed by atoms with Gasteiger partial charge < -0.3 is 4.74 Å². The molecule has 21 heavy (non-hydrogen) atoms. The molecule has 0 radical (unpaired) electrons. The van der Waals surface area contributed by atoms with E-state index in [4.69, 9.17) is 4.74 Å². The Labute approximate surface area is 128 Å². The quantitative estimate of drug-likeness (QED) is 0.831. The van der Waals surface area contributed by atoms with Crippen LogP contribution in [0.2, 0.25) is 0 Å². The molecule has 112 valence electrons. The van der Waals surface area contributed by atoms with Gasteiger partial charge in [0.2, 0.25) is 0 Å². The third kappa shape index (κ3) is 4.09. The Morgan fingerprint density at radius 3 is 2.86 bits per heavy atom. The van der Waals surface area contributed by atoms with Crippen molar-refractivity contribution in [2.45, 2.75) is 26.4 Å². The van der Waals surface area contributed by atoms with E-state index >= 15 is 0 Å². The lowest BCUT2D eigenvalue weighted by atomic mass is 10.0. The lowest BCUT2D eigenvalue weighted by Gasteiger charge is -2.19. The molecule has 1 atom stereocenters. The van der Waals surface area contributed by atoms with Crippen molar-refractivity contribution in [1.82, 2.24) is 15.3 Å². The Hall–Kier alpha value is -1.79. The number of aromatic nitrogens is 2. The highest BCUT2D eigenvalue weighted by molar-refractivity contribution is 7.13. The minimum atomic E-state index is -0.324. The summed E-state index contributed by atoms with van der Waals surface area (Å²) in [6, 6.07) is 5.42. The molecule has 2 aromatic heterocycles. The van der Waals surface area contributed by atoms with E-state index in [-0.39, 0.29) is 17.9 Å². The van der Waals surface area contributed by atoms with Crippen LogP contribution in [0.25, 0.3) is 10.7 Å². The summed E-state index contributed by atoms with van der Waals surface area (Å²) in [6.45, 7) is 4.49. The predicted molar refractivity (Wildman–Crippen MR) is 82.8 cm³/mol. The predicted octanol–water partition coefficient (Wildman–Crippen LogP) is 2.49. The summed E-state index contributed by atoms with van der Waals surface area (Å²) >= 11 is 1.55. The lowest BCUT2D eigenvalue weighted by molar-refractivity contribution is -0.144. The van der Waals surface area contributed by atoms with Crippen LogP contribution < -0.4 is 5.32 Å². The topological polar surface area (TPSA) is 64.1 Å². The van der Waals surface area contributed by atoms with Gasteiger partial charge in [-0.05, 0) is 18.1 Å². The van der Waals surface area contributed by atoms with Gasteiger partial charge in [-0.15, -0.1) is 11.3 Å². The first-order valence-corrected chi connectivity index (χ1v) is 7.66. The van der Waals surface area contributed by atoms with Crippen LogP contribution in [0.3, 0.4) is 0 Å². The molecule has 0 saturated carbocycles. The van der Waals surface area contributed by atoms with Crippen LogP contribution in [-0.4, -0.2) is 29.1 Å². The lowest BCUT2D eigenvalue weighted by Crippen LogP contribution is -2.41. The fourth-order valence-electron chi connectivity index (χ4n) is 1.93. The second-order valence-corrected chi connectivity index (χ2v) is 5.84. The normalized spacial score (nSPS) is 12.4. The van der Waals surface area contributed by atoms with Gasteiger partial charge in [0.05, 0.1) is 18.5 Å². The van der Waals surface area contributed by atoms with Crippen LogP contribution in [0.15, 0.2) is 29.8 Å². The standard InChI is InChI=1S/C15H19N3O2S/c1-10(2)13(15(19)20-3)17-8-11-9-21-14(18-11)12-6-4-5-7-16-12/h4-7,9-10,13,17H,8H2,1-3H3. The molecule has 0 amide bonds. The van der Waals surface area contributed by atoms with Crippen molar-refractivity contribution < 1.29 is 9.53 Å². The molecule has 0 aliphatic carbocycles. The molecule has 1 unspecified atom stereocenters. The highest BCUT2D eigenvalue weighted by atomic mass is 32.1. The molecular formula is C15H19N3O2S. The summed E-state index contributed by atoms with van der Waals surface area (Å²) in [7, 11) is 1.40. The van der Waals surface area contributed by atoms with Gasteiger partial charge in [-0.3, -0.25) is 15.1 Å². The Morgan fingerprint density at radius 2 is 2.24 bits per heavy atom. The number of carbonyl (C=O) groups is 1. The number of rotatable bonds is 6. The van der Waals surface area contributed by atoms with Gasteiger partial charge in [0.25, 0.3) is 0 Å². The molecule has 0 spiro atoms. The molecule has 1 N–H and O–H groups in total. The number of carbonyl (C=O) groups excluding carboxylic acids is 1. The Bertz CT molecular complexity index is 584. The fourth-order valence-corrected chi connectivity index (χ4v) is 2.72. The maximum absolute atomic E-state index is 11.7. The van der Waals surface area contributed by atoms with E-state index in [9.17, 15) is 4.79 Å². The number of hydrogen-bond donors (Lipinski definition) is 1. The van der Waals surface area contributed by atoms with E-state index < -0.39 is 0 Å². The average Bonchev–Trinajstić information content (AvgIpc) is 2.96. The molecule has 0 aromatic carbocycles. The maximum Gasteiger partial charge on any atom is 0.323 e. The van der Waals surface area contributed by atoms with Crippen molar-refractivity contribution in [3.63, 3.8) is 0 Å². The van der Waals surface area contributed by atoms with Crippen LogP contribution in [0.1, 0.15) is 19.5 Å². The second-order valence-electron chi connectivity index (χ2n) is 4.98. The smallest absolute Gasteiger partial charge is 0.323 e. The van der Waals surface area contributed by atoms with Crippen molar-refractivity contribution >= 4 is 17.3 Å². The number of pyridine rings is 1. The van der Waals surface area contributed by atoms with E-state index in [2.05, 4.69) is 15.3 Å². The van der Waals surface area contributed by atoms with Gasteiger partial charge in [-0.25, -0.2) is 4.98 Å². The van der Waals surface area contributed by atoms with Crippen LogP contribution in [0.4, 0.5) is 0 Å². The summed E-state index contributed by atoms with van der Waals surface area (Å²) in [4.78, 5) is 20.5. The molecular weight excluding hydrogens is 286 g/mol. The number of nitrogens with one attached hydrogen (secondary N) is 1. The highest BCUT2D eigenvalue weighted by Gasteiger charge is 2.22. The number of ether oxygens (including phenoxy) is 1. The molecule has 5 nitrogen and oxygen atoms in total. The molecule has 0 bridgehead atoms. The first-order chi connectivity index (χ1) is 10.1. The van der Waals surface area contributed by atoms with E-state index in [0.29, 0.717) is 6.54 Å². The third-order valence-corrected chi connectivity index (χ3v) is 3.97. The van der Waals surface area contributed by atoms with E-state index in [1.165, 1.54) is 7.11 Å². The molecule has 0 aliphatic rings. The first kappa shape index (κ1) is 15.6. The largest absolute Gasteiger partial charge is 0.468 e. The number of nitrogens with zero attached hydrogens (tertiary/aromatic N) is 2. The Morgan fingerprint density at radius 1 is 1.43 bits per heavy atom. The third-order valence-electron chi connectivity index (χ3n) is 3.06. The van der Waals surface area contributed by atoms with Gasteiger partial charge in [0.1, 0.15) is 11.0 Å². The SMILES string of the molecule is COC(=O)C(NCc1csc(-c2ccccn2)n1)C(C)C. The molecule has 0 fully saturated rings.